The zero-order chi connectivity index (χ0) is 14.4. The Labute approximate surface area is 123 Å². The summed E-state index contributed by atoms with van der Waals surface area (Å²) >= 11 is 0. The van der Waals surface area contributed by atoms with Crippen molar-refractivity contribution in [2.24, 2.45) is 0 Å². The molecule has 2 aromatic heterocycles. The molecule has 0 aliphatic carbocycles. The van der Waals surface area contributed by atoms with Gasteiger partial charge in [0.25, 0.3) is 0 Å². The van der Waals surface area contributed by atoms with Gasteiger partial charge in [0.2, 0.25) is 5.82 Å². The van der Waals surface area contributed by atoms with Crippen molar-refractivity contribution in [1.29, 1.82) is 0 Å². The van der Waals surface area contributed by atoms with Crippen LogP contribution in [0.4, 0.5) is 0 Å². The number of aromatic nitrogens is 3. The zero-order valence-electron chi connectivity index (χ0n) is 12.2. The molecule has 4 heteroatoms. The number of hydrogen-bond acceptors (Lipinski definition) is 3. The fraction of sp³-hybridized carbons (Fsp3) is 0.294. The largest absolute Gasteiger partial charge is 0.461 e. The first-order valence-corrected chi connectivity index (χ1v) is 7.31. The Kier molecular flexibility index (Phi) is 2.55. The van der Waals surface area contributed by atoms with E-state index in [1.807, 2.05) is 12.1 Å². The molecular formula is C17H17N3O. The Morgan fingerprint density at radius 3 is 2.71 bits per heavy atom. The Balaban J connectivity index is 2.02. The van der Waals surface area contributed by atoms with Crippen molar-refractivity contribution < 1.29 is 4.42 Å². The van der Waals surface area contributed by atoms with Crippen LogP contribution >= 0.6 is 0 Å². The first kappa shape index (κ1) is 12.4. The molecule has 4 nitrogen and oxygen atoms in total. The lowest BCUT2D eigenvalue weighted by molar-refractivity contribution is 0.300. The summed E-state index contributed by atoms with van der Waals surface area (Å²) in [7, 11) is 0. The highest BCUT2D eigenvalue weighted by Crippen LogP contribution is 2.41. The van der Waals surface area contributed by atoms with Crippen molar-refractivity contribution in [2.45, 2.75) is 32.2 Å². The van der Waals surface area contributed by atoms with Crippen LogP contribution in [0.3, 0.4) is 0 Å². The topological polar surface area (TPSA) is 43.9 Å². The summed E-state index contributed by atoms with van der Waals surface area (Å²) in [4.78, 5) is 0. The van der Waals surface area contributed by atoms with Crippen LogP contribution in [0.15, 0.2) is 47.1 Å². The third-order valence-corrected chi connectivity index (χ3v) is 4.54. The molecule has 0 bridgehead atoms. The van der Waals surface area contributed by atoms with Crippen LogP contribution < -0.4 is 0 Å². The van der Waals surface area contributed by atoms with Gasteiger partial charge in [-0.3, -0.25) is 4.57 Å². The van der Waals surface area contributed by atoms with Gasteiger partial charge in [0, 0.05) is 11.1 Å². The van der Waals surface area contributed by atoms with Crippen molar-refractivity contribution in [2.75, 3.05) is 0 Å². The van der Waals surface area contributed by atoms with E-state index < -0.39 is 0 Å². The van der Waals surface area contributed by atoms with Crippen LogP contribution in [0.5, 0.6) is 0 Å². The maximum absolute atomic E-state index is 5.55. The third kappa shape index (κ3) is 1.68. The van der Waals surface area contributed by atoms with Gasteiger partial charge in [-0.25, -0.2) is 0 Å². The molecule has 0 saturated carbocycles. The van der Waals surface area contributed by atoms with Gasteiger partial charge in [0.05, 0.1) is 6.26 Å². The van der Waals surface area contributed by atoms with Gasteiger partial charge < -0.3 is 4.42 Å². The lowest BCUT2D eigenvalue weighted by Gasteiger charge is -2.36. The molecule has 0 radical (unpaired) electrons. The van der Waals surface area contributed by atoms with Gasteiger partial charge in [-0.15, -0.1) is 10.2 Å². The molecule has 3 heterocycles. The van der Waals surface area contributed by atoms with Crippen LogP contribution in [-0.4, -0.2) is 14.8 Å². The molecule has 0 amide bonds. The van der Waals surface area contributed by atoms with E-state index in [9.17, 15) is 0 Å². The molecule has 0 unspecified atom stereocenters. The summed E-state index contributed by atoms with van der Waals surface area (Å²) in [5, 5.41) is 8.85. The lowest BCUT2D eigenvalue weighted by atomic mass is 9.84. The first-order valence-electron chi connectivity index (χ1n) is 7.31. The lowest BCUT2D eigenvalue weighted by Crippen LogP contribution is -2.36. The predicted molar refractivity (Wildman–Crippen MR) is 80.8 cm³/mol. The van der Waals surface area contributed by atoms with Crippen LogP contribution in [0.1, 0.15) is 25.8 Å². The van der Waals surface area contributed by atoms with E-state index in [-0.39, 0.29) is 5.54 Å². The number of nitrogens with zero attached hydrogens (tertiary/aromatic N) is 3. The number of fused-ring (bicyclic) bond motifs is 3. The van der Waals surface area contributed by atoms with E-state index in [1.54, 1.807) is 6.26 Å². The zero-order valence-corrected chi connectivity index (χ0v) is 12.2. The maximum atomic E-state index is 5.55. The maximum Gasteiger partial charge on any atom is 0.200 e. The number of furan rings is 1. The molecule has 21 heavy (non-hydrogen) atoms. The Hall–Kier alpha value is -2.36. The third-order valence-electron chi connectivity index (χ3n) is 4.54. The number of benzene rings is 1. The second-order valence-electron chi connectivity index (χ2n) is 5.84. The summed E-state index contributed by atoms with van der Waals surface area (Å²) in [6, 6.07) is 12.3. The van der Waals surface area contributed by atoms with E-state index in [0.29, 0.717) is 0 Å². The molecule has 1 atom stereocenters. The second kappa shape index (κ2) is 4.32. The molecule has 0 N–H and O–H groups in total. The Bertz CT molecular complexity index is 788. The minimum absolute atomic E-state index is 0.0324. The van der Waals surface area contributed by atoms with Crippen molar-refractivity contribution in [3.8, 4) is 23.0 Å². The summed E-state index contributed by atoms with van der Waals surface area (Å²) in [6.45, 7) is 4.48. The van der Waals surface area contributed by atoms with Crippen LogP contribution in [0.2, 0.25) is 0 Å². The molecule has 106 valence electrons. The predicted octanol–water partition coefficient (Wildman–Crippen LogP) is 3.89. The summed E-state index contributed by atoms with van der Waals surface area (Å²) in [5.74, 6) is 2.52. The van der Waals surface area contributed by atoms with Crippen molar-refractivity contribution >= 4 is 0 Å². The quantitative estimate of drug-likeness (QED) is 0.715. The van der Waals surface area contributed by atoms with E-state index in [1.165, 1.54) is 11.1 Å². The van der Waals surface area contributed by atoms with E-state index >= 15 is 0 Å². The summed E-state index contributed by atoms with van der Waals surface area (Å²) in [5.41, 5.74) is 2.48. The number of hydrogen-bond donors (Lipinski definition) is 0. The van der Waals surface area contributed by atoms with Crippen LogP contribution in [0.25, 0.3) is 23.0 Å². The molecular weight excluding hydrogens is 262 g/mol. The van der Waals surface area contributed by atoms with Crippen LogP contribution in [-0.2, 0) is 12.0 Å². The molecule has 1 aliphatic rings. The number of rotatable bonds is 2. The van der Waals surface area contributed by atoms with Gasteiger partial charge in [0.1, 0.15) is 0 Å². The smallest absolute Gasteiger partial charge is 0.200 e. The highest BCUT2D eigenvalue weighted by molar-refractivity contribution is 5.66. The van der Waals surface area contributed by atoms with E-state index in [4.69, 9.17) is 4.42 Å². The van der Waals surface area contributed by atoms with Gasteiger partial charge in [-0.1, -0.05) is 31.2 Å². The standard InChI is InChI=1S/C17H17N3O/c1-3-17(2)11-12-7-4-5-8-13(12)15-18-19-16(20(15)17)14-9-6-10-21-14/h4-10H,3,11H2,1-2H3/t17-/m0/s1. The minimum Gasteiger partial charge on any atom is -0.461 e. The highest BCUT2D eigenvalue weighted by atomic mass is 16.3. The summed E-state index contributed by atoms with van der Waals surface area (Å²) in [6.07, 6.45) is 3.68. The highest BCUT2D eigenvalue weighted by Gasteiger charge is 2.37. The van der Waals surface area contributed by atoms with E-state index in [2.05, 4.69) is 52.9 Å². The molecule has 0 fully saturated rings. The van der Waals surface area contributed by atoms with Crippen molar-refractivity contribution in [3.05, 3.63) is 48.2 Å². The average Bonchev–Trinajstić information content (AvgIpc) is 3.16. The molecule has 1 aromatic carbocycles. The molecule has 0 saturated heterocycles. The Morgan fingerprint density at radius 2 is 1.95 bits per heavy atom. The molecule has 0 spiro atoms. The second-order valence-corrected chi connectivity index (χ2v) is 5.84. The SMILES string of the molecule is CC[C@@]1(C)Cc2ccccc2-c2nnc(-c3ccco3)n21. The van der Waals surface area contributed by atoms with Gasteiger partial charge in [0.15, 0.2) is 11.6 Å². The Morgan fingerprint density at radius 1 is 1.14 bits per heavy atom. The van der Waals surface area contributed by atoms with Crippen molar-refractivity contribution in [3.63, 3.8) is 0 Å². The van der Waals surface area contributed by atoms with E-state index in [0.717, 1.165) is 30.3 Å². The van der Waals surface area contributed by atoms with Gasteiger partial charge in [-0.05, 0) is 37.5 Å². The summed E-state index contributed by atoms with van der Waals surface area (Å²) < 4.78 is 7.79. The van der Waals surface area contributed by atoms with Gasteiger partial charge >= 0.3 is 0 Å². The fourth-order valence-corrected chi connectivity index (χ4v) is 3.20. The van der Waals surface area contributed by atoms with Gasteiger partial charge in [-0.2, -0.15) is 0 Å². The molecule has 3 aromatic rings. The fourth-order valence-electron chi connectivity index (χ4n) is 3.20. The average molecular weight is 279 g/mol. The monoisotopic (exact) mass is 279 g/mol. The molecule has 1 aliphatic heterocycles. The normalized spacial score (nSPS) is 20.1. The van der Waals surface area contributed by atoms with Crippen LogP contribution in [0, 0.1) is 0 Å². The first-order chi connectivity index (χ1) is 10.2. The van der Waals surface area contributed by atoms with Crippen molar-refractivity contribution in [1.82, 2.24) is 14.8 Å². The minimum atomic E-state index is -0.0324. The molecule has 4 rings (SSSR count).